The molecule has 1 aromatic rings. The molecule has 1 nitrogen and oxygen atoms in total. The predicted molar refractivity (Wildman–Crippen MR) is 104 cm³/mol. The molecule has 0 aromatic heterocycles. The Morgan fingerprint density at radius 1 is 0.957 bits per heavy atom. The third kappa shape index (κ3) is 6.91. The molecule has 1 unspecified atom stereocenters. The first-order valence-electron chi connectivity index (χ1n) is 9.49. The van der Waals surface area contributed by atoms with Crippen LogP contribution in [0.25, 0.3) is 0 Å². The summed E-state index contributed by atoms with van der Waals surface area (Å²) in [6, 6.07) is 10.8. The van der Waals surface area contributed by atoms with E-state index in [0.29, 0.717) is 0 Å². The molecular weight excluding hydrogens is 278 g/mol. The van der Waals surface area contributed by atoms with Gasteiger partial charge in [0.05, 0.1) is 0 Å². The van der Waals surface area contributed by atoms with Crippen molar-refractivity contribution in [2.24, 2.45) is 0 Å². The molecule has 130 valence electrons. The lowest BCUT2D eigenvalue weighted by molar-refractivity contribution is 0.364. The predicted octanol–water partition coefficient (Wildman–Crippen LogP) is 6.64. The lowest BCUT2D eigenvalue weighted by Gasteiger charge is -2.35. The zero-order chi connectivity index (χ0) is 17.1. The van der Waals surface area contributed by atoms with Gasteiger partial charge in [0.15, 0.2) is 0 Å². The molecule has 0 saturated heterocycles. The van der Waals surface area contributed by atoms with Crippen molar-refractivity contribution in [1.82, 2.24) is 5.32 Å². The molecule has 0 aliphatic carbocycles. The summed E-state index contributed by atoms with van der Waals surface area (Å²) in [6.07, 6.45) is 8.99. The Bertz CT molecular complexity index is 456. The van der Waals surface area contributed by atoms with Crippen LogP contribution in [0, 0.1) is 0 Å². The monoisotopic (exact) mass is 315 g/mol. The van der Waals surface area contributed by atoms with Crippen molar-refractivity contribution in [1.29, 1.82) is 0 Å². The third-order valence-corrected chi connectivity index (χ3v) is 4.83. The smallest absolute Gasteiger partial charge is 0.0370 e. The largest absolute Gasteiger partial charge is 0.304 e. The second-order valence-electron chi connectivity index (χ2n) is 7.21. The van der Waals surface area contributed by atoms with Gasteiger partial charge in [-0.15, -0.1) is 0 Å². The van der Waals surface area contributed by atoms with E-state index < -0.39 is 0 Å². The molecule has 0 saturated carbocycles. The van der Waals surface area contributed by atoms with E-state index in [1.54, 1.807) is 5.57 Å². The van der Waals surface area contributed by atoms with Gasteiger partial charge in [-0.2, -0.15) is 0 Å². The highest BCUT2D eigenvalue weighted by Crippen LogP contribution is 2.30. The molecule has 0 amide bonds. The van der Waals surface area contributed by atoms with Crippen LogP contribution >= 0.6 is 0 Å². The summed E-state index contributed by atoms with van der Waals surface area (Å²) >= 11 is 0. The minimum absolute atomic E-state index is 0.121. The highest BCUT2D eigenvalue weighted by molar-refractivity contribution is 5.25. The van der Waals surface area contributed by atoms with E-state index in [4.69, 9.17) is 0 Å². The third-order valence-electron chi connectivity index (χ3n) is 4.83. The average molecular weight is 316 g/mol. The molecule has 0 fully saturated rings. The van der Waals surface area contributed by atoms with E-state index in [1.807, 2.05) is 0 Å². The topological polar surface area (TPSA) is 12.0 Å². The van der Waals surface area contributed by atoms with Crippen molar-refractivity contribution < 1.29 is 0 Å². The van der Waals surface area contributed by atoms with Gasteiger partial charge in [0.25, 0.3) is 0 Å². The molecule has 0 spiro atoms. The normalized spacial score (nSPS) is 13.6. The highest BCUT2D eigenvalue weighted by atomic mass is 15.0. The first-order chi connectivity index (χ1) is 11.0. The Labute approximate surface area is 144 Å². The molecule has 0 aliphatic heterocycles. The summed E-state index contributed by atoms with van der Waals surface area (Å²) in [7, 11) is 0. The molecule has 0 aliphatic rings. The van der Waals surface area contributed by atoms with E-state index in [2.05, 4.69) is 70.3 Å². The molecule has 23 heavy (non-hydrogen) atoms. The number of hydrogen-bond donors (Lipinski definition) is 1. The van der Waals surface area contributed by atoms with Crippen molar-refractivity contribution >= 4 is 0 Å². The fourth-order valence-electron chi connectivity index (χ4n) is 3.55. The Kier molecular flexibility index (Phi) is 9.24. The molecule has 1 aromatic carbocycles. The fourth-order valence-corrected chi connectivity index (χ4v) is 3.55. The van der Waals surface area contributed by atoms with Gasteiger partial charge in [0.1, 0.15) is 0 Å². The number of hydrogen-bond acceptors (Lipinski definition) is 1. The SMILES string of the molecule is CCCCCCC(=C(C)C)C(C)(CCC)NCc1ccccc1. The zero-order valence-electron chi connectivity index (χ0n) is 16.0. The van der Waals surface area contributed by atoms with E-state index >= 15 is 0 Å². The summed E-state index contributed by atoms with van der Waals surface area (Å²) in [6.45, 7) is 12.5. The zero-order valence-corrected chi connectivity index (χ0v) is 16.0. The van der Waals surface area contributed by atoms with E-state index in [1.165, 1.54) is 56.1 Å². The molecular formula is C22H37N. The summed E-state index contributed by atoms with van der Waals surface area (Å²) in [5, 5.41) is 3.88. The van der Waals surface area contributed by atoms with Crippen molar-refractivity contribution in [2.75, 3.05) is 0 Å². The number of rotatable bonds is 11. The van der Waals surface area contributed by atoms with Crippen LogP contribution < -0.4 is 5.32 Å². The van der Waals surface area contributed by atoms with E-state index in [9.17, 15) is 0 Å². The van der Waals surface area contributed by atoms with Gasteiger partial charge in [0, 0.05) is 12.1 Å². The van der Waals surface area contributed by atoms with Crippen LogP contribution in [0.4, 0.5) is 0 Å². The minimum Gasteiger partial charge on any atom is -0.304 e. The second-order valence-corrected chi connectivity index (χ2v) is 7.21. The number of unbranched alkanes of at least 4 members (excludes halogenated alkanes) is 3. The summed E-state index contributed by atoms with van der Waals surface area (Å²) in [5.74, 6) is 0. The van der Waals surface area contributed by atoms with Crippen LogP contribution in [0.3, 0.4) is 0 Å². The van der Waals surface area contributed by atoms with Crippen molar-refractivity contribution in [3.8, 4) is 0 Å². The Morgan fingerprint density at radius 2 is 1.65 bits per heavy atom. The van der Waals surface area contributed by atoms with Gasteiger partial charge < -0.3 is 5.32 Å². The van der Waals surface area contributed by atoms with Crippen LogP contribution in [0.5, 0.6) is 0 Å². The molecule has 1 rings (SSSR count). The Balaban J connectivity index is 2.79. The van der Waals surface area contributed by atoms with Gasteiger partial charge in [-0.1, -0.05) is 81.0 Å². The van der Waals surface area contributed by atoms with Crippen LogP contribution in [0.1, 0.15) is 85.1 Å². The highest BCUT2D eigenvalue weighted by Gasteiger charge is 2.27. The van der Waals surface area contributed by atoms with E-state index in [0.717, 1.165) is 6.54 Å². The van der Waals surface area contributed by atoms with Crippen molar-refractivity contribution in [2.45, 2.75) is 91.6 Å². The van der Waals surface area contributed by atoms with Crippen molar-refractivity contribution in [3.63, 3.8) is 0 Å². The molecule has 1 heteroatoms. The molecule has 0 heterocycles. The Morgan fingerprint density at radius 3 is 2.22 bits per heavy atom. The lowest BCUT2D eigenvalue weighted by atomic mass is 9.81. The standard InChI is InChI=1S/C22H37N/c1-6-8-9-13-16-21(19(3)4)22(5,17-7-2)23-18-20-14-11-10-12-15-20/h10-12,14-15,23H,6-9,13,16-18H2,1-5H3. The van der Waals surface area contributed by atoms with Crippen LogP contribution in [0.2, 0.25) is 0 Å². The molecule has 0 bridgehead atoms. The van der Waals surface area contributed by atoms with Gasteiger partial charge in [0.2, 0.25) is 0 Å². The quantitative estimate of drug-likeness (QED) is 0.356. The molecule has 0 radical (unpaired) electrons. The lowest BCUT2D eigenvalue weighted by Crippen LogP contribution is -2.44. The van der Waals surface area contributed by atoms with E-state index in [-0.39, 0.29) is 5.54 Å². The maximum Gasteiger partial charge on any atom is 0.0370 e. The fraction of sp³-hybridized carbons (Fsp3) is 0.636. The summed E-state index contributed by atoms with van der Waals surface area (Å²) in [5.41, 5.74) is 4.62. The summed E-state index contributed by atoms with van der Waals surface area (Å²) < 4.78 is 0. The summed E-state index contributed by atoms with van der Waals surface area (Å²) in [4.78, 5) is 0. The molecule has 1 N–H and O–H groups in total. The van der Waals surface area contributed by atoms with Gasteiger partial charge in [-0.3, -0.25) is 0 Å². The number of nitrogens with one attached hydrogen (secondary N) is 1. The second kappa shape index (κ2) is 10.6. The number of benzene rings is 1. The van der Waals surface area contributed by atoms with Gasteiger partial charge >= 0.3 is 0 Å². The maximum absolute atomic E-state index is 3.88. The maximum atomic E-state index is 3.88. The Hall–Kier alpha value is -1.08. The van der Waals surface area contributed by atoms with Crippen LogP contribution in [0.15, 0.2) is 41.5 Å². The van der Waals surface area contributed by atoms with Crippen molar-refractivity contribution in [3.05, 3.63) is 47.0 Å². The number of allylic oxidation sites excluding steroid dienone is 1. The first-order valence-corrected chi connectivity index (χ1v) is 9.49. The molecule has 1 atom stereocenters. The minimum atomic E-state index is 0.121. The van der Waals surface area contributed by atoms with Gasteiger partial charge in [-0.25, -0.2) is 0 Å². The van der Waals surface area contributed by atoms with Gasteiger partial charge in [-0.05, 0) is 45.6 Å². The average Bonchev–Trinajstić information content (AvgIpc) is 2.54. The first kappa shape index (κ1) is 20.0. The van der Waals surface area contributed by atoms with Crippen LogP contribution in [-0.4, -0.2) is 5.54 Å². The van der Waals surface area contributed by atoms with Crippen LogP contribution in [-0.2, 0) is 6.54 Å².